The third kappa shape index (κ3) is 7.44. The molecule has 0 atom stereocenters. The maximum Gasteiger partial charge on any atom is 0.271 e. The summed E-state index contributed by atoms with van der Waals surface area (Å²) in [5, 5.41) is 13.5. The van der Waals surface area contributed by atoms with Crippen LogP contribution in [0.2, 0.25) is 0 Å². The molecule has 1 aromatic rings. The van der Waals surface area contributed by atoms with Gasteiger partial charge in [-0.3, -0.25) is 14.9 Å². The molecule has 24 heavy (non-hydrogen) atoms. The summed E-state index contributed by atoms with van der Waals surface area (Å²) < 4.78 is 5.13. The van der Waals surface area contributed by atoms with Crippen LogP contribution < -0.4 is 10.1 Å². The summed E-state index contributed by atoms with van der Waals surface area (Å²) in [6.07, 6.45) is 9.77. The number of non-ortho nitro benzene ring substituents is 1. The van der Waals surface area contributed by atoms with E-state index in [-0.39, 0.29) is 11.6 Å². The number of nitro benzene ring substituents is 1. The van der Waals surface area contributed by atoms with Crippen LogP contribution in [0.3, 0.4) is 0 Å². The van der Waals surface area contributed by atoms with Gasteiger partial charge in [0.25, 0.3) is 5.69 Å². The Morgan fingerprint density at radius 3 is 2.33 bits per heavy atom. The van der Waals surface area contributed by atoms with Gasteiger partial charge in [0, 0.05) is 18.6 Å². The number of nitrogens with zero attached hydrogens (tertiary/aromatic N) is 1. The van der Waals surface area contributed by atoms with Crippen LogP contribution in [0, 0.1) is 10.1 Å². The average molecular weight is 336 g/mol. The van der Waals surface area contributed by atoms with Crippen LogP contribution >= 0.6 is 0 Å². The van der Waals surface area contributed by atoms with Crippen LogP contribution in [0.25, 0.3) is 0 Å². The number of benzene rings is 1. The van der Waals surface area contributed by atoms with Crippen molar-refractivity contribution in [3.63, 3.8) is 0 Å². The number of amides is 1. The van der Waals surface area contributed by atoms with E-state index in [9.17, 15) is 14.9 Å². The molecule has 0 fully saturated rings. The number of nitro groups is 1. The van der Waals surface area contributed by atoms with E-state index in [4.69, 9.17) is 4.74 Å². The smallest absolute Gasteiger partial charge is 0.271 e. The molecule has 1 amide bonds. The van der Waals surface area contributed by atoms with E-state index in [1.54, 1.807) is 0 Å². The fraction of sp³-hybridized carbons (Fsp3) is 0.611. The Morgan fingerprint density at radius 1 is 1.12 bits per heavy atom. The van der Waals surface area contributed by atoms with Crippen LogP contribution in [0.5, 0.6) is 5.75 Å². The highest BCUT2D eigenvalue weighted by molar-refractivity contribution is 5.92. The largest absolute Gasteiger partial charge is 0.495 e. The molecule has 1 aromatic carbocycles. The van der Waals surface area contributed by atoms with Crippen LogP contribution in [0.15, 0.2) is 18.2 Å². The van der Waals surface area contributed by atoms with Crippen molar-refractivity contribution in [3.05, 3.63) is 28.3 Å². The lowest BCUT2D eigenvalue weighted by Gasteiger charge is -2.10. The number of carbonyl (C=O) groups is 1. The number of hydrogen-bond donors (Lipinski definition) is 1. The van der Waals surface area contributed by atoms with E-state index < -0.39 is 4.92 Å². The van der Waals surface area contributed by atoms with Crippen LogP contribution in [0.1, 0.15) is 64.7 Å². The van der Waals surface area contributed by atoms with Gasteiger partial charge in [0.1, 0.15) is 5.75 Å². The normalized spacial score (nSPS) is 10.4. The lowest BCUT2D eigenvalue weighted by molar-refractivity contribution is -0.384. The summed E-state index contributed by atoms with van der Waals surface area (Å²) in [5.41, 5.74) is 0.273. The van der Waals surface area contributed by atoms with E-state index in [1.165, 1.54) is 57.4 Å². The highest BCUT2D eigenvalue weighted by Gasteiger charge is 2.13. The molecule has 6 heteroatoms. The Morgan fingerprint density at radius 2 is 1.75 bits per heavy atom. The van der Waals surface area contributed by atoms with Crippen molar-refractivity contribution in [2.45, 2.75) is 64.7 Å². The Hall–Kier alpha value is -2.11. The van der Waals surface area contributed by atoms with Gasteiger partial charge in [-0.1, -0.05) is 51.9 Å². The second-order valence-electron chi connectivity index (χ2n) is 5.91. The number of ether oxygens (including phenoxy) is 1. The van der Waals surface area contributed by atoms with E-state index in [1.807, 2.05) is 0 Å². The molecule has 0 unspecified atom stereocenters. The Labute approximate surface area is 143 Å². The fourth-order valence-electron chi connectivity index (χ4n) is 2.54. The van der Waals surface area contributed by atoms with Crippen molar-refractivity contribution in [1.82, 2.24) is 0 Å². The highest BCUT2D eigenvalue weighted by atomic mass is 16.6. The first-order chi connectivity index (χ1) is 11.6. The molecular weight excluding hydrogens is 308 g/mol. The van der Waals surface area contributed by atoms with Crippen molar-refractivity contribution in [1.29, 1.82) is 0 Å². The molecular formula is C18H28N2O4. The molecule has 0 aliphatic heterocycles. The van der Waals surface area contributed by atoms with Crippen molar-refractivity contribution in [2.75, 3.05) is 12.4 Å². The summed E-state index contributed by atoms with van der Waals surface area (Å²) in [6.45, 7) is 2.20. The molecule has 0 bridgehead atoms. The van der Waals surface area contributed by atoms with Gasteiger partial charge < -0.3 is 10.1 Å². The van der Waals surface area contributed by atoms with Crippen LogP contribution in [-0.2, 0) is 4.79 Å². The summed E-state index contributed by atoms with van der Waals surface area (Å²) in [4.78, 5) is 22.3. The number of carbonyl (C=O) groups excluding carboxylic acids is 1. The number of unbranched alkanes of at least 4 members (excludes halogenated alkanes) is 7. The predicted molar refractivity (Wildman–Crippen MR) is 95.5 cm³/mol. The van der Waals surface area contributed by atoms with Crippen molar-refractivity contribution in [3.8, 4) is 5.75 Å². The van der Waals surface area contributed by atoms with Crippen molar-refractivity contribution < 1.29 is 14.5 Å². The number of anilines is 1. The van der Waals surface area contributed by atoms with E-state index >= 15 is 0 Å². The van der Waals surface area contributed by atoms with Gasteiger partial charge in [0.05, 0.1) is 17.7 Å². The van der Waals surface area contributed by atoms with Crippen molar-refractivity contribution >= 4 is 17.3 Å². The Bertz CT molecular complexity index is 532. The van der Waals surface area contributed by atoms with Gasteiger partial charge in [-0.15, -0.1) is 0 Å². The fourth-order valence-corrected chi connectivity index (χ4v) is 2.54. The molecule has 0 aromatic heterocycles. The first-order valence-corrected chi connectivity index (χ1v) is 8.70. The number of rotatable bonds is 12. The summed E-state index contributed by atoms with van der Waals surface area (Å²) in [6, 6.07) is 4.17. The zero-order valence-electron chi connectivity index (χ0n) is 14.7. The van der Waals surface area contributed by atoms with Gasteiger partial charge in [-0.2, -0.15) is 0 Å². The van der Waals surface area contributed by atoms with E-state index in [0.717, 1.165) is 19.3 Å². The monoisotopic (exact) mass is 336 g/mol. The molecule has 0 aliphatic carbocycles. The lowest BCUT2D eigenvalue weighted by atomic mass is 10.1. The SMILES string of the molecule is CCCCCCCCCCC(=O)Nc1cc([N+](=O)[O-])ccc1OC. The second-order valence-corrected chi connectivity index (χ2v) is 5.91. The summed E-state index contributed by atoms with van der Waals surface area (Å²) in [5.74, 6) is 0.282. The molecule has 134 valence electrons. The minimum Gasteiger partial charge on any atom is -0.495 e. The third-order valence-electron chi connectivity index (χ3n) is 3.93. The highest BCUT2D eigenvalue weighted by Crippen LogP contribution is 2.29. The number of methoxy groups -OCH3 is 1. The summed E-state index contributed by atoms with van der Waals surface area (Å²) >= 11 is 0. The Kier molecular flexibility index (Phi) is 9.49. The van der Waals surface area contributed by atoms with Crippen molar-refractivity contribution in [2.24, 2.45) is 0 Å². The molecule has 0 spiro atoms. The standard InChI is InChI=1S/C18H28N2O4/c1-3-4-5-6-7-8-9-10-11-18(21)19-16-14-15(20(22)23)12-13-17(16)24-2/h12-14H,3-11H2,1-2H3,(H,19,21). The quantitative estimate of drug-likeness (QED) is 0.328. The topological polar surface area (TPSA) is 81.5 Å². The van der Waals surface area contributed by atoms with Gasteiger partial charge in [0.15, 0.2) is 0 Å². The molecule has 0 saturated heterocycles. The molecule has 0 saturated carbocycles. The molecule has 1 rings (SSSR count). The van der Waals surface area contributed by atoms with E-state index in [2.05, 4.69) is 12.2 Å². The third-order valence-corrected chi connectivity index (χ3v) is 3.93. The minimum atomic E-state index is -0.492. The number of nitrogens with one attached hydrogen (secondary N) is 1. The maximum absolute atomic E-state index is 12.0. The number of hydrogen-bond acceptors (Lipinski definition) is 4. The Balaban J connectivity index is 2.34. The second kappa shape index (κ2) is 11.4. The van der Waals surface area contributed by atoms with Crippen LogP contribution in [-0.4, -0.2) is 17.9 Å². The molecule has 0 aliphatic rings. The molecule has 6 nitrogen and oxygen atoms in total. The molecule has 0 heterocycles. The van der Waals surface area contributed by atoms with E-state index in [0.29, 0.717) is 17.9 Å². The predicted octanol–water partition coefficient (Wildman–Crippen LogP) is 5.07. The first-order valence-electron chi connectivity index (χ1n) is 8.70. The van der Waals surface area contributed by atoms with Gasteiger partial charge in [-0.25, -0.2) is 0 Å². The maximum atomic E-state index is 12.0. The molecule has 0 radical (unpaired) electrons. The average Bonchev–Trinajstić information content (AvgIpc) is 2.57. The zero-order chi connectivity index (χ0) is 17.8. The zero-order valence-corrected chi connectivity index (χ0v) is 14.7. The summed E-state index contributed by atoms with van der Waals surface area (Å²) in [7, 11) is 1.47. The minimum absolute atomic E-state index is 0.0711. The lowest BCUT2D eigenvalue weighted by Crippen LogP contribution is -2.12. The van der Waals surface area contributed by atoms with Gasteiger partial charge in [0.2, 0.25) is 5.91 Å². The molecule has 1 N–H and O–H groups in total. The first kappa shape index (κ1) is 19.9. The van der Waals surface area contributed by atoms with Gasteiger partial charge >= 0.3 is 0 Å². The van der Waals surface area contributed by atoms with Gasteiger partial charge in [-0.05, 0) is 12.5 Å². The van der Waals surface area contributed by atoms with Crippen LogP contribution in [0.4, 0.5) is 11.4 Å².